The highest BCUT2D eigenvalue weighted by Crippen LogP contribution is 2.30. The lowest BCUT2D eigenvalue weighted by atomic mass is 9.86. The molecule has 0 aliphatic heterocycles. The number of hydrogen-bond donors (Lipinski definition) is 1. The van der Waals surface area contributed by atoms with Crippen LogP contribution in [0.4, 0.5) is 5.69 Å². The van der Waals surface area contributed by atoms with Crippen LogP contribution in [0.15, 0.2) is 65.5 Å². The number of para-hydroxylation sites is 1. The third-order valence-electron chi connectivity index (χ3n) is 3.94. The molecule has 0 saturated carbocycles. The number of carbonyl (C=O) groups is 1. The van der Waals surface area contributed by atoms with E-state index in [0.717, 1.165) is 16.9 Å². The summed E-state index contributed by atoms with van der Waals surface area (Å²) in [6.07, 6.45) is 3.03. The minimum absolute atomic E-state index is 0.0447. The van der Waals surface area contributed by atoms with Gasteiger partial charge in [-0.25, -0.2) is 4.98 Å². The molecule has 0 spiro atoms. The SMILES string of the molecule is CC(C)(C)c1ccccc1OCC(=O)Nc1ccc(-c2cnco2)cc1. The molecule has 0 atom stereocenters. The number of ether oxygens (including phenoxy) is 1. The molecule has 0 bridgehead atoms. The predicted molar refractivity (Wildman–Crippen MR) is 101 cm³/mol. The van der Waals surface area contributed by atoms with Crippen LogP contribution in [-0.4, -0.2) is 17.5 Å². The second kappa shape index (κ2) is 7.44. The Kier molecular flexibility index (Phi) is 5.07. The van der Waals surface area contributed by atoms with E-state index in [9.17, 15) is 4.79 Å². The van der Waals surface area contributed by atoms with E-state index >= 15 is 0 Å². The molecule has 1 amide bonds. The van der Waals surface area contributed by atoms with Gasteiger partial charge >= 0.3 is 0 Å². The smallest absolute Gasteiger partial charge is 0.262 e. The molecule has 0 aliphatic rings. The molecule has 3 rings (SSSR count). The van der Waals surface area contributed by atoms with Gasteiger partial charge in [0.2, 0.25) is 0 Å². The summed E-state index contributed by atoms with van der Waals surface area (Å²) in [6.45, 7) is 6.30. The van der Waals surface area contributed by atoms with Gasteiger partial charge in [-0.3, -0.25) is 4.79 Å². The molecule has 134 valence electrons. The highest BCUT2D eigenvalue weighted by molar-refractivity contribution is 5.92. The highest BCUT2D eigenvalue weighted by Gasteiger charge is 2.18. The Morgan fingerprint density at radius 1 is 1.12 bits per heavy atom. The fourth-order valence-electron chi connectivity index (χ4n) is 2.63. The van der Waals surface area contributed by atoms with Crippen molar-refractivity contribution >= 4 is 11.6 Å². The zero-order valence-electron chi connectivity index (χ0n) is 15.2. The summed E-state index contributed by atoms with van der Waals surface area (Å²) < 4.78 is 11.0. The average Bonchev–Trinajstić information content (AvgIpc) is 3.15. The van der Waals surface area contributed by atoms with Crippen LogP contribution in [-0.2, 0) is 10.2 Å². The van der Waals surface area contributed by atoms with Crippen molar-refractivity contribution in [1.82, 2.24) is 4.98 Å². The van der Waals surface area contributed by atoms with Crippen LogP contribution in [0.1, 0.15) is 26.3 Å². The van der Waals surface area contributed by atoms with Gasteiger partial charge in [0, 0.05) is 11.3 Å². The van der Waals surface area contributed by atoms with Gasteiger partial charge in [0.1, 0.15) is 5.75 Å². The molecule has 0 fully saturated rings. The van der Waals surface area contributed by atoms with E-state index < -0.39 is 0 Å². The third kappa shape index (κ3) is 4.30. The molecule has 1 heterocycles. The lowest BCUT2D eigenvalue weighted by Gasteiger charge is -2.22. The lowest BCUT2D eigenvalue weighted by Crippen LogP contribution is -2.21. The Labute approximate surface area is 153 Å². The number of amides is 1. The van der Waals surface area contributed by atoms with E-state index in [-0.39, 0.29) is 17.9 Å². The molecule has 1 N–H and O–H groups in total. The van der Waals surface area contributed by atoms with E-state index in [1.54, 1.807) is 6.20 Å². The van der Waals surface area contributed by atoms with Gasteiger partial charge in [-0.2, -0.15) is 0 Å². The minimum atomic E-state index is -0.207. The fraction of sp³-hybridized carbons (Fsp3) is 0.238. The normalized spacial score (nSPS) is 11.2. The van der Waals surface area contributed by atoms with Crippen LogP contribution in [0.5, 0.6) is 5.75 Å². The van der Waals surface area contributed by atoms with Crippen LogP contribution in [0.25, 0.3) is 11.3 Å². The van der Waals surface area contributed by atoms with Gasteiger partial charge in [0.05, 0.1) is 6.20 Å². The second-order valence-electron chi connectivity index (χ2n) is 7.03. The summed E-state index contributed by atoms with van der Waals surface area (Å²) in [5, 5.41) is 2.83. The third-order valence-corrected chi connectivity index (χ3v) is 3.94. The first kappa shape index (κ1) is 17.7. The number of rotatable bonds is 5. The topological polar surface area (TPSA) is 64.4 Å². The summed E-state index contributed by atoms with van der Waals surface area (Å²) in [5.74, 6) is 1.21. The number of anilines is 1. The molecule has 5 heteroatoms. The van der Waals surface area contributed by atoms with Crippen molar-refractivity contribution < 1.29 is 13.9 Å². The van der Waals surface area contributed by atoms with Crippen molar-refractivity contribution in [1.29, 1.82) is 0 Å². The van der Waals surface area contributed by atoms with Crippen molar-refractivity contribution in [2.75, 3.05) is 11.9 Å². The van der Waals surface area contributed by atoms with E-state index in [0.29, 0.717) is 11.4 Å². The summed E-state index contributed by atoms with van der Waals surface area (Å²) >= 11 is 0. The first-order valence-corrected chi connectivity index (χ1v) is 8.44. The van der Waals surface area contributed by atoms with E-state index in [1.807, 2.05) is 48.5 Å². The Balaban J connectivity index is 1.60. The van der Waals surface area contributed by atoms with Crippen LogP contribution in [0.2, 0.25) is 0 Å². The second-order valence-corrected chi connectivity index (χ2v) is 7.03. The van der Waals surface area contributed by atoms with Crippen molar-refractivity contribution in [3.8, 4) is 17.1 Å². The van der Waals surface area contributed by atoms with Crippen molar-refractivity contribution in [2.24, 2.45) is 0 Å². The summed E-state index contributed by atoms with van der Waals surface area (Å²) in [7, 11) is 0. The Hall–Kier alpha value is -3.08. The standard InChI is InChI=1S/C21H22N2O3/c1-21(2,3)17-6-4-5-7-18(17)25-13-20(24)23-16-10-8-15(9-11-16)19-12-22-14-26-19/h4-12,14H,13H2,1-3H3,(H,23,24). The van der Waals surface area contributed by atoms with Gasteiger partial charge < -0.3 is 14.5 Å². The molecule has 5 nitrogen and oxygen atoms in total. The number of carbonyl (C=O) groups excluding carboxylic acids is 1. The monoisotopic (exact) mass is 350 g/mol. The lowest BCUT2D eigenvalue weighted by molar-refractivity contribution is -0.118. The Morgan fingerprint density at radius 3 is 2.50 bits per heavy atom. The zero-order chi connectivity index (χ0) is 18.6. The van der Waals surface area contributed by atoms with Gasteiger partial charge in [-0.15, -0.1) is 0 Å². The quantitative estimate of drug-likeness (QED) is 0.727. The number of benzene rings is 2. The number of nitrogens with zero attached hydrogens (tertiary/aromatic N) is 1. The first-order valence-electron chi connectivity index (χ1n) is 8.44. The molecule has 0 aliphatic carbocycles. The predicted octanol–water partition coefficient (Wildman–Crippen LogP) is 4.66. The van der Waals surface area contributed by atoms with Crippen molar-refractivity contribution in [3.63, 3.8) is 0 Å². The maximum Gasteiger partial charge on any atom is 0.262 e. The van der Waals surface area contributed by atoms with Crippen LogP contribution < -0.4 is 10.1 Å². The highest BCUT2D eigenvalue weighted by atomic mass is 16.5. The minimum Gasteiger partial charge on any atom is -0.483 e. The van der Waals surface area contributed by atoms with Crippen LogP contribution >= 0.6 is 0 Å². The molecule has 0 unspecified atom stereocenters. The van der Waals surface area contributed by atoms with E-state index in [1.165, 1.54) is 6.39 Å². The molecule has 1 aromatic heterocycles. The van der Waals surface area contributed by atoms with Gasteiger partial charge in [0.25, 0.3) is 5.91 Å². The Bertz CT molecular complexity index is 863. The molecular weight excluding hydrogens is 328 g/mol. The van der Waals surface area contributed by atoms with Crippen LogP contribution in [0, 0.1) is 0 Å². The molecule has 0 saturated heterocycles. The largest absolute Gasteiger partial charge is 0.483 e. The summed E-state index contributed by atoms with van der Waals surface area (Å²) in [6, 6.07) is 15.2. The molecular formula is C21H22N2O3. The van der Waals surface area contributed by atoms with Crippen LogP contribution in [0.3, 0.4) is 0 Å². The fourth-order valence-corrected chi connectivity index (χ4v) is 2.63. The first-order chi connectivity index (χ1) is 12.4. The maximum atomic E-state index is 12.2. The molecule has 3 aromatic rings. The maximum absolute atomic E-state index is 12.2. The number of nitrogens with one attached hydrogen (secondary N) is 1. The van der Waals surface area contributed by atoms with E-state index in [2.05, 4.69) is 31.1 Å². The molecule has 2 aromatic carbocycles. The summed E-state index contributed by atoms with van der Waals surface area (Å²) in [4.78, 5) is 16.1. The van der Waals surface area contributed by atoms with Gasteiger partial charge in [0.15, 0.2) is 18.8 Å². The Morgan fingerprint density at radius 2 is 1.85 bits per heavy atom. The number of hydrogen-bond acceptors (Lipinski definition) is 4. The number of oxazole rings is 1. The molecule has 0 radical (unpaired) electrons. The summed E-state index contributed by atoms with van der Waals surface area (Å²) in [5.41, 5.74) is 2.62. The van der Waals surface area contributed by atoms with Gasteiger partial charge in [-0.1, -0.05) is 39.0 Å². The van der Waals surface area contributed by atoms with E-state index in [4.69, 9.17) is 9.15 Å². The zero-order valence-corrected chi connectivity index (χ0v) is 15.2. The average molecular weight is 350 g/mol. The van der Waals surface area contributed by atoms with Gasteiger partial charge in [-0.05, 0) is 41.3 Å². The van der Waals surface area contributed by atoms with Crippen molar-refractivity contribution in [2.45, 2.75) is 26.2 Å². The number of aromatic nitrogens is 1. The van der Waals surface area contributed by atoms with Crippen molar-refractivity contribution in [3.05, 3.63) is 66.7 Å². The molecule has 26 heavy (non-hydrogen) atoms.